The number of esters is 2. The summed E-state index contributed by atoms with van der Waals surface area (Å²) >= 11 is 0. The Kier molecular flexibility index (Phi) is 4.57. The lowest BCUT2D eigenvalue weighted by atomic mass is 10.2. The van der Waals surface area contributed by atoms with Crippen LogP contribution >= 0.6 is 0 Å². The molecule has 0 atom stereocenters. The van der Waals surface area contributed by atoms with E-state index in [1.54, 1.807) is 12.1 Å². The van der Waals surface area contributed by atoms with E-state index in [1.165, 1.54) is 32.6 Å². The largest absolute Gasteiger partial charge is 0.466 e. The van der Waals surface area contributed by atoms with E-state index in [1.807, 2.05) is 0 Å². The first-order valence-corrected chi connectivity index (χ1v) is 6.21. The topological polar surface area (TPSA) is 94.8 Å². The first-order chi connectivity index (χ1) is 10.5. The van der Waals surface area contributed by atoms with Crippen molar-refractivity contribution in [3.05, 3.63) is 52.5 Å². The van der Waals surface area contributed by atoms with Crippen molar-refractivity contribution in [2.45, 2.75) is 0 Å². The molecule has 1 N–H and O–H groups in total. The van der Waals surface area contributed by atoms with Gasteiger partial charge in [0, 0.05) is 11.8 Å². The van der Waals surface area contributed by atoms with Gasteiger partial charge in [-0.25, -0.2) is 9.59 Å². The molecule has 7 nitrogen and oxygen atoms in total. The van der Waals surface area contributed by atoms with Crippen LogP contribution in [-0.2, 0) is 19.1 Å². The van der Waals surface area contributed by atoms with Crippen LogP contribution in [0, 0.1) is 0 Å². The van der Waals surface area contributed by atoms with E-state index < -0.39 is 11.9 Å². The summed E-state index contributed by atoms with van der Waals surface area (Å²) in [7, 11) is 2.37. The van der Waals surface area contributed by atoms with Gasteiger partial charge in [-0.1, -0.05) is 0 Å². The van der Waals surface area contributed by atoms with Crippen molar-refractivity contribution >= 4 is 28.6 Å². The first-order valence-electron chi connectivity index (χ1n) is 6.21. The number of fused-ring (bicyclic) bond motifs is 1. The summed E-state index contributed by atoms with van der Waals surface area (Å²) in [5, 5.41) is 3.06. The van der Waals surface area contributed by atoms with E-state index in [0.717, 1.165) is 6.08 Å². The summed E-state index contributed by atoms with van der Waals surface area (Å²) in [4.78, 5) is 34.7. The quantitative estimate of drug-likeness (QED) is 0.674. The molecule has 0 aliphatic heterocycles. The fourth-order valence-corrected chi connectivity index (χ4v) is 1.75. The van der Waals surface area contributed by atoms with Crippen LogP contribution in [0.15, 0.2) is 51.5 Å². The summed E-state index contributed by atoms with van der Waals surface area (Å²) in [5.41, 5.74) is 0.497. The highest BCUT2D eigenvalue weighted by atomic mass is 16.5. The van der Waals surface area contributed by atoms with E-state index in [0.29, 0.717) is 16.7 Å². The molecule has 0 fully saturated rings. The van der Waals surface area contributed by atoms with E-state index in [4.69, 9.17) is 4.42 Å². The lowest BCUT2D eigenvalue weighted by molar-refractivity contribution is -0.138. The number of methoxy groups -OCH3 is 2. The summed E-state index contributed by atoms with van der Waals surface area (Å²) < 4.78 is 14.3. The second-order valence-electron chi connectivity index (χ2n) is 4.19. The van der Waals surface area contributed by atoms with Crippen molar-refractivity contribution in [3.63, 3.8) is 0 Å². The van der Waals surface area contributed by atoms with Gasteiger partial charge in [-0.05, 0) is 18.2 Å². The van der Waals surface area contributed by atoms with E-state index >= 15 is 0 Å². The Morgan fingerprint density at radius 3 is 2.64 bits per heavy atom. The minimum Gasteiger partial charge on any atom is -0.466 e. The molecule has 1 heterocycles. The van der Waals surface area contributed by atoms with Gasteiger partial charge in [-0.15, -0.1) is 0 Å². The maximum Gasteiger partial charge on any atom is 0.354 e. The predicted octanol–water partition coefficient (Wildman–Crippen LogP) is 1.43. The monoisotopic (exact) mass is 303 g/mol. The molecule has 1 aromatic carbocycles. The standard InChI is InChI=1S/C15H13NO6/c1-20-14(18)8-11(15(19)21-2)16-9-3-4-13-10(7-9)12(17)5-6-22-13/h3-8,16H,1-2H3/b11-8+. The van der Waals surface area contributed by atoms with Gasteiger partial charge in [-0.2, -0.15) is 0 Å². The van der Waals surface area contributed by atoms with Gasteiger partial charge in [0.05, 0.1) is 31.9 Å². The van der Waals surface area contributed by atoms with Gasteiger partial charge in [-0.3, -0.25) is 4.79 Å². The molecule has 0 aliphatic carbocycles. The SMILES string of the molecule is COC(=O)/C=C(/Nc1ccc2occc(=O)c2c1)C(=O)OC. The predicted molar refractivity (Wildman–Crippen MR) is 78.2 cm³/mol. The van der Waals surface area contributed by atoms with Gasteiger partial charge in [0.25, 0.3) is 0 Å². The zero-order valence-corrected chi connectivity index (χ0v) is 11.9. The summed E-state index contributed by atoms with van der Waals surface area (Å²) in [6.07, 6.45) is 2.26. The zero-order chi connectivity index (χ0) is 16.1. The summed E-state index contributed by atoms with van der Waals surface area (Å²) in [5.74, 6) is -1.46. The minimum atomic E-state index is -0.745. The van der Waals surface area contributed by atoms with Crippen LogP contribution in [0.4, 0.5) is 5.69 Å². The Bertz CT molecular complexity index is 805. The van der Waals surface area contributed by atoms with Crippen molar-refractivity contribution in [2.24, 2.45) is 0 Å². The lowest BCUT2D eigenvalue weighted by Crippen LogP contribution is -2.15. The fraction of sp³-hybridized carbons (Fsp3) is 0.133. The van der Waals surface area contributed by atoms with Crippen LogP contribution in [0.1, 0.15) is 0 Å². The molecule has 0 aliphatic rings. The van der Waals surface area contributed by atoms with Crippen molar-refractivity contribution in [1.29, 1.82) is 0 Å². The number of hydrogen-bond acceptors (Lipinski definition) is 7. The number of carbonyl (C=O) groups excluding carboxylic acids is 2. The summed E-state index contributed by atoms with van der Waals surface area (Å²) in [6.45, 7) is 0. The molecule has 0 spiro atoms. The Hall–Kier alpha value is -3.09. The molecule has 2 rings (SSSR count). The maximum absolute atomic E-state index is 11.8. The highest BCUT2D eigenvalue weighted by Gasteiger charge is 2.13. The third kappa shape index (κ3) is 3.32. The number of anilines is 1. The van der Waals surface area contributed by atoms with E-state index in [9.17, 15) is 14.4 Å². The maximum atomic E-state index is 11.8. The normalized spacial score (nSPS) is 11.1. The van der Waals surface area contributed by atoms with E-state index in [-0.39, 0.29) is 11.1 Å². The number of nitrogens with one attached hydrogen (secondary N) is 1. The number of hydrogen-bond donors (Lipinski definition) is 1. The minimum absolute atomic E-state index is 0.117. The molecule has 0 saturated heterocycles. The molecule has 7 heteroatoms. The van der Waals surface area contributed by atoms with Crippen molar-refractivity contribution < 1.29 is 23.5 Å². The van der Waals surface area contributed by atoms with Crippen molar-refractivity contribution in [2.75, 3.05) is 19.5 Å². The van der Waals surface area contributed by atoms with Gasteiger partial charge >= 0.3 is 11.9 Å². The second kappa shape index (κ2) is 6.57. The Labute approximate surface area is 125 Å². The van der Waals surface area contributed by atoms with Crippen molar-refractivity contribution in [1.82, 2.24) is 0 Å². The number of carbonyl (C=O) groups is 2. The Morgan fingerprint density at radius 1 is 1.18 bits per heavy atom. The number of benzene rings is 1. The molecule has 0 unspecified atom stereocenters. The van der Waals surface area contributed by atoms with Gasteiger partial charge < -0.3 is 19.2 Å². The average Bonchev–Trinajstić information content (AvgIpc) is 2.54. The van der Waals surface area contributed by atoms with Crippen LogP contribution < -0.4 is 10.7 Å². The van der Waals surface area contributed by atoms with Crippen LogP contribution in [-0.4, -0.2) is 26.2 Å². The second-order valence-corrected chi connectivity index (χ2v) is 4.19. The molecule has 22 heavy (non-hydrogen) atoms. The van der Waals surface area contributed by atoms with Crippen LogP contribution in [0.25, 0.3) is 11.0 Å². The van der Waals surface area contributed by atoms with Crippen LogP contribution in [0.5, 0.6) is 0 Å². The molecular formula is C15H13NO6. The van der Waals surface area contributed by atoms with Crippen LogP contribution in [0.3, 0.4) is 0 Å². The van der Waals surface area contributed by atoms with Gasteiger partial charge in [0.15, 0.2) is 5.43 Å². The molecule has 0 saturated carbocycles. The third-order valence-electron chi connectivity index (χ3n) is 2.81. The fourth-order valence-electron chi connectivity index (χ4n) is 1.75. The Balaban J connectivity index is 2.40. The van der Waals surface area contributed by atoms with Crippen molar-refractivity contribution in [3.8, 4) is 0 Å². The molecule has 0 amide bonds. The van der Waals surface area contributed by atoms with Gasteiger partial charge in [0.2, 0.25) is 0 Å². The smallest absolute Gasteiger partial charge is 0.354 e. The number of ether oxygens (including phenoxy) is 2. The number of rotatable bonds is 4. The van der Waals surface area contributed by atoms with Crippen LogP contribution in [0.2, 0.25) is 0 Å². The van der Waals surface area contributed by atoms with Gasteiger partial charge in [0.1, 0.15) is 11.3 Å². The molecule has 1 aromatic heterocycles. The first kappa shape index (κ1) is 15.3. The third-order valence-corrected chi connectivity index (χ3v) is 2.81. The molecule has 0 radical (unpaired) electrons. The highest BCUT2D eigenvalue weighted by molar-refractivity contribution is 5.99. The zero-order valence-electron chi connectivity index (χ0n) is 11.9. The lowest BCUT2D eigenvalue weighted by Gasteiger charge is -2.09. The highest BCUT2D eigenvalue weighted by Crippen LogP contribution is 2.18. The van der Waals surface area contributed by atoms with E-state index in [2.05, 4.69) is 14.8 Å². The molecular weight excluding hydrogens is 290 g/mol. The molecule has 2 aromatic rings. The molecule has 114 valence electrons. The molecule has 0 bridgehead atoms. The average molecular weight is 303 g/mol. The Morgan fingerprint density at radius 2 is 1.95 bits per heavy atom. The summed E-state index contributed by atoms with van der Waals surface area (Å²) in [6, 6.07) is 5.97.